The molecule has 5 atom stereocenters. The lowest BCUT2D eigenvalue weighted by Crippen LogP contribution is -2.53. The molecule has 9 heteroatoms. The quantitative estimate of drug-likeness (QED) is 0.186. The summed E-state index contributed by atoms with van der Waals surface area (Å²) in [6.45, 7) is 5.81. The van der Waals surface area contributed by atoms with Crippen LogP contribution in [-0.4, -0.2) is 76.4 Å². The molecular formula is C29H43N3O6. The van der Waals surface area contributed by atoms with Gasteiger partial charge in [0.05, 0.1) is 24.3 Å². The highest BCUT2D eigenvalue weighted by Crippen LogP contribution is 2.29. The van der Waals surface area contributed by atoms with Crippen LogP contribution in [0.15, 0.2) is 60.7 Å². The second-order valence-electron chi connectivity index (χ2n) is 10.8. The van der Waals surface area contributed by atoms with E-state index in [1.165, 1.54) is 0 Å². The molecule has 2 aromatic rings. The van der Waals surface area contributed by atoms with Crippen molar-refractivity contribution in [2.24, 2.45) is 11.3 Å². The molecule has 0 heterocycles. The van der Waals surface area contributed by atoms with Crippen LogP contribution in [0.5, 0.6) is 0 Å². The number of hydrogen-bond donors (Lipinski definition) is 7. The van der Waals surface area contributed by atoms with E-state index in [9.17, 15) is 30.0 Å². The van der Waals surface area contributed by atoms with Gasteiger partial charge in [0.15, 0.2) is 0 Å². The fourth-order valence-corrected chi connectivity index (χ4v) is 4.49. The van der Waals surface area contributed by atoms with Crippen LogP contribution in [-0.2, 0) is 17.6 Å². The van der Waals surface area contributed by atoms with E-state index in [-0.39, 0.29) is 31.0 Å². The summed E-state index contributed by atoms with van der Waals surface area (Å²) in [5, 5.41) is 48.8. The lowest BCUT2D eigenvalue weighted by Gasteiger charge is -2.32. The molecule has 2 unspecified atom stereocenters. The first kappa shape index (κ1) is 31.2. The number of benzene rings is 2. The van der Waals surface area contributed by atoms with Crippen molar-refractivity contribution in [2.45, 2.75) is 64.3 Å². The summed E-state index contributed by atoms with van der Waals surface area (Å²) in [5.74, 6) is -0.672. The van der Waals surface area contributed by atoms with Crippen molar-refractivity contribution in [1.29, 1.82) is 0 Å². The molecule has 9 nitrogen and oxygen atoms in total. The number of aliphatic hydroxyl groups excluding tert-OH is 3. The van der Waals surface area contributed by atoms with Gasteiger partial charge in [0.2, 0.25) is 5.91 Å². The van der Waals surface area contributed by atoms with Crippen molar-refractivity contribution in [2.75, 3.05) is 19.7 Å². The highest BCUT2D eigenvalue weighted by Gasteiger charge is 2.33. The maximum Gasteiger partial charge on any atom is 0.404 e. The molecule has 0 saturated heterocycles. The maximum atomic E-state index is 13.2. The lowest BCUT2D eigenvalue weighted by molar-refractivity contribution is -0.130. The molecule has 0 spiro atoms. The van der Waals surface area contributed by atoms with Gasteiger partial charge in [-0.25, -0.2) is 4.79 Å². The van der Waals surface area contributed by atoms with Gasteiger partial charge in [-0.1, -0.05) is 81.4 Å². The van der Waals surface area contributed by atoms with Gasteiger partial charge < -0.3 is 36.4 Å². The van der Waals surface area contributed by atoms with Gasteiger partial charge in [-0.15, -0.1) is 0 Å². The van der Waals surface area contributed by atoms with Crippen LogP contribution in [0, 0.1) is 11.3 Å². The first-order valence-corrected chi connectivity index (χ1v) is 13.1. The second kappa shape index (κ2) is 15.4. The molecule has 0 aliphatic heterocycles. The predicted molar refractivity (Wildman–Crippen MR) is 147 cm³/mol. The smallest absolute Gasteiger partial charge is 0.404 e. The van der Waals surface area contributed by atoms with E-state index in [2.05, 4.69) is 16.0 Å². The topological polar surface area (TPSA) is 151 Å². The van der Waals surface area contributed by atoms with Crippen molar-refractivity contribution >= 4 is 12.0 Å². The second-order valence-corrected chi connectivity index (χ2v) is 10.8. The summed E-state index contributed by atoms with van der Waals surface area (Å²) < 4.78 is 0. The van der Waals surface area contributed by atoms with Gasteiger partial charge in [0.1, 0.15) is 0 Å². The third kappa shape index (κ3) is 10.8. The Kier molecular flexibility index (Phi) is 12.7. The fraction of sp³-hybridized carbons (Fsp3) is 0.517. The van der Waals surface area contributed by atoms with Crippen LogP contribution in [0.25, 0.3) is 0 Å². The molecule has 0 radical (unpaired) electrons. The number of nitrogens with one attached hydrogen (secondary N) is 3. The zero-order valence-electron chi connectivity index (χ0n) is 22.5. The standard InChI is InChI=1S/C29H43N3O6/c1-29(2,3)22(14-15-33)27(36)31-23(16-20-10-6-4-7-11-20)25(34)18-30-19-26(35)24(32-28(37)38)17-21-12-8-5-9-13-21/h4-13,22-26,30,32-35H,14-19H2,1-3H3,(H,31,36)(H,37,38)/t22?,23-,24-,25?,26+/m0/s1. The van der Waals surface area contributed by atoms with Crippen LogP contribution < -0.4 is 16.0 Å². The minimum Gasteiger partial charge on any atom is -0.465 e. The highest BCUT2D eigenvalue weighted by atomic mass is 16.4. The average Bonchev–Trinajstić information content (AvgIpc) is 2.86. The van der Waals surface area contributed by atoms with E-state index in [4.69, 9.17) is 0 Å². The van der Waals surface area contributed by atoms with E-state index in [1.807, 2.05) is 81.4 Å². The Bertz CT molecular complexity index is 967. The summed E-state index contributed by atoms with van der Waals surface area (Å²) in [4.78, 5) is 24.5. The molecule has 0 saturated carbocycles. The highest BCUT2D eigenvalue weighted by molar-refractivity contribution is 5.79. The number of rotatable bonds is 15. The molecule has 0 bridgehead atoms. The number of hydrogen-bond acceptors (Lipinski definition) is 6. The third-order valence-electron chi connectivity index (χ3n) is 6.65. The number of carboxylic acid groups (broad SMARTS) is 1. The Morgan fingerprint density at radius 2 is 1.24 bits per heavy atom. The molecular weight excluding hydrogens is 486 g/mol. The minimum absolute atomic E-state index is 0.0377. The number of aliphatic hydroxyl groups is 3. The molecule has 0 fully saturated rings. The minimum atomic E-state index is -1.23. The molecule has 38 heavy (non-hydrogen) atoms. The van der Waals surface area contributed by atoms with Crippen molar-refractivity contribution < 1.29 is 30.0 Å². The van der Waals surface area contributed by atoms with Gasteiger partial charge in [-0.3, -0.25) is 4.79 Å². The zero-order chi connectivity index (χ0) is 28.1. The Morgan fingerprint density at radius 1 is 0.789 bits per heavy atom. The van der Waals surface area contributed by atoms with Crippen molar-refractivity contribution in [3.05, 3.63) is 71.8 Å². The molecule has 210 valence electrons. The van der Waals surface area contributed by atoms with E-state index in [1.54, 1.807) is 0 Å². The molecule has 2 aromatic carbocycles. The molecule has 7 N–H and O–H groups in total. The van der Waals surface area contributed by atoms with E-state index in [0.29, 0.717) is 19.3 Å². The van der Waals surface area contributed by atoms with Gasteiger partial charge in [-0.2, -0.15) is 0 Å². The summed E-state index contributed by atoms with van der Waals surface area (Å²) >= 11 is 0. The zero-order valence-corrected chi connectivity index (χ0v) is 22.5. The molecule has 2 rings (SSSR count). The van der Waals surface area contributed by atoms with Gasteiger partial charge >= 0.3 is 6.09 Å². The fourth-order valence-electron chi connectivity index (χ4n) is 4.49. The molecule has 0 aliphatic carbocycles. The van der Waals surface area contributed by atoms with Gasteiger partial charge in [0, 0.05) is 25.6 Å². The van der Waals surface area contributed by atoms with Crippen molar-refractivity contribution in [3.63, 3.8) is 0 Å². The summed E-state index contributed by atoms with van der Waals surface area (Å²) in [6, 6.07) is 17.4. The summed E-state index contributed by atoms with van der Waals surface area (Å²) in [6.07, 6.45) is -2.24. The summed E-state index contributed by atoms with van der Waals surface area (Å²) in [7, 11) is 0. The van der Waals surface area contributed by atoms with E-state index < -0.39 is 36.3 Å². The largest absolute Gasteiger partial charge is 0.465 e. The monoisotopic (exact) mass is 529 g/mol. The first-order chi connectivity index (χ1) is 18.0. The van der Waals surface area contributed by atoms with Gasteiger partial charge in [0.25, 0.3) is 0 Å². The SMILES string of the molecule is CC(C)(C)C(CCO)C(=O)N[C@@H](Cc1ccccc1)C(O)CNC[C@@H](O)[C@H](Cc1ccccc1)NC(=O)O. The first-order valence-electron chi connectivity index (χ1n) is 13.1. The predicted octanol–water partition coefficient (Wildman–Crippen LogP) is 1.95. The number of carbonyl (C=O) groups is 2. The van der Waals surface area contributed by atoms with E-state index in [0.717, 1.165) is 11.1 Å². The number of amides is 2. The molecule has 0 aromatic heterocycles. The normalized spacial score (nSPS) is 15.6. The Labute approximate surface area is 225 Å². The Balaban J connectivity index is 2.05. The maximum absolute atomic E-state index is 13.2. The van der Waals surface area contributed by atoms with Crippen molar-refractivity contribution in [3.8, 4) is 0 Å². The third-order valence-corrected chi connectivity index (χ3v) is 6.65. The van der Waals surface area contributed by atoms with Gasteiger partial charge in [-0.05, 0) is 35.8 Å². The Morgan fingerprint density at radius 3 is 1.63 bits per heavy atom. The number of carbonyl (C=O) groups excluding carboxylic acids is 1. The molecule has 2 amide bonds. The summed E-state index contributed by atoms with van der Waals surface area (Å²) in [5.41, 5.74) is 1.45. The van der Waals surface area contributed by atoms with Crippen LogP contribution in [0.2, 0.25) is 0 Å². The van der Waals surface area contributed by atoms with Crippen molar-refractivity contribution in [1.82, 2.24) is 16.0 Å². The van der Waals surface area contributed by atoms with E-state index >= 15 is 0 Å². The average molecular weight is 530 g/mol. The van der Waals surface area contributed by atoms with Crippen LogP contribution in [0.4, 0.5) is 4.79 Å². The Hall–Kier alpha value is -2.98. The van der Waals surface area contributed by atoms with Crippen LogP contribution in [0.3, 0.4) is 0 Å². The van der Waals surface area contributed by atoms with Crippen LogP contribution in [0.1, 0.15) is 38.3 Å². The molecule has 0 aliphatic rings. The lowest BCUT2D eigenvalue weighted by atomic mass is 9.78. The van der Waals surface area contributed by atoms with Crippen LogP contribution >= 0.6 is 0 Å².